The predicted molar refractivity (Wildman–Crippen MR) is 113 cm³/mol. The van der Waals surface area contributed by atoms with Gasteiger partial charge in [0.25, 0.3) is 0 Å². The third kappa shape index (κ3) is 2.82. The summed E-state index contributed by atoms with van der Waals surface area (Å²) in [4.78, 5) is 7.56. The van der Waals surface area contributed by atoms with Crippen molar-refractivity contribution in [1.29, 1.82) is 0 Å². The smallest absolute Gasteiger partial charge is 0.165 e. The van der Waals surface area contributed by atoms with Crippen LogP contribution in [0.25, 0.3) is 16.8 Å². The van der Waals surface area contributed by atoms with Crippen LogP contribution in [0.2, 0.25) is 0 Å². The molecule has 0 saturated carbocycles. The van der Waals surface area contributed by atoms with E-state index in [-0.39, 0.29) is 0 Å². The van der Waals surface area contributed by atoms with Crippen LogP contribution in [0, 0.1) is 34.6 Å². The van der Waals surface area contributed by atoms with Gasteiger partial charge in [-0.15, -0.1) is 0 Å². The van der Waals surface area contributed by atoms with Crippen molar-refractivity contribution in [3.63, 3.8) is 0 Å². The van der Waals surface area contributed by atoms with Gasteiger partial charge in [0.1, 0.15) is 5.82 Å². The third-order valence-corrected chi connectivity index (χ3v) is 5.79. The summed E-state index contributed by atoms with van der Waals surface area (Å²) in [5.74, 6) is 1.27. The molecule has 1 aromatic carbocycles. The summed E-state index contributed by atoms with van der Waals surface area (Å²) >= 11 is 0. The van der Waals surface area contributed by atoms with E-state index in [4.69, 9.17) is 10.1 Å². The van der Waals surface area contributed by atoms with Gasteiger partial charge in [0.15, 0.2) is 5.65 Å². The van der Waals surface area contributed by atoms with E-state index in [0.717, 1.165) is 43.0 Å². The number of anilines is 1. The van der Waals surface area contributed by atoms with Gasteiger partial charge in [0, 0.05) is 24.3 Å². The first-order chi connectivity index (χ1) is 12.9. The Balaban J connectivity index is 2.05. The van der Waals surface area contributed by atoms with E-state index in [0.29, 0.717) is 0 Å². The molecule has 1 aliphatic rings. The van der Waals surface area contributed by atoms with Gasteiger partial charge in [-0.2, -0.15) is 9.61 Å². The highest BCUT2D eigenvalue weighted by molar-refractivity contribution is 5.85. The lowest BCUT2D eigenvalue weighted by atomic mass is 9.94. The number of fused-ring (bicyclic) bond motifs is 3. The van der Waals surface area contributed by atoms with Crippen molar-refractivity contribution < 1.29 is 0 Å². The lowest BCUT2D eigenvalue weighted by molar-refractivity contribution is 0.646. The third-order valence-electron chi connectivity index (χ3n) is 5.79. The molecule has 0 bridgehead atoms. The van der Waals surface area contributed by atoms with Gasteiger partial charge >= 0.3 is 0 Å². The lowest BCUT2D eigenvalue weighted by Gasteiger charge is -2.31. The SMILES string of the molecule is CCCN1CCCc2c(C)nc3c(-c4c(C)cc(C)cc4C)c(C)nn3c21. The van der Waals surface area contributed by atoms with Gasteiger partial charge < -0.3 is 4.90 Å². The predicted octanol–water partition coefficient (Wildman–Crippen LogP) is 5.10. The molecule has 0 amide bonds. The quantitative estimate of drug-likeness (QED) is 0.650. The zero-order valence-corrected chi connectivity index (χ0v) is 17.5. The Labute approximate surface area is 162 Å². The summed E-state index contributed by atoms with van der Waals surface area (Å²) in [7, 11) is 0. The Morgan fingerprint density at radius 2 is 1.67 bits per heavy atom. The van der Waals surface area contributed by atoms with Crippen LogP contribution in [-0.4, -0.2) is 27.7 Å². The normalized spacial score (nSPS) is 14.1. The van der Waals surface area contributed by atoms with E-state index in [1.807, 2.05) is 0 Å². The average molecular weight is 363 g/mol. The van der Waals surface area contributed by atoms with Crippen LogP contribution in [0.15, 0.2) is 12.1 Å². The van der Waals surface area contributed by atoms with Crippen LogP contribution in [0.5, 0.6) is 0 Å². The molecule has 0 spiro atoms. The molecule has 0 N–H and O–H groups in total. The molecule has 27 heavy (non-hydrogen) atoms. The highest BCUT2D eigenvalue weighted by Crippen LogP contribution is 2.37. The molecule has 0 fully saturated rings. The first-order valence-corrected chi connectivity index (χ1v) is 10.1. The summed E-state index contributed by atoms with van der Waals surface area (Å²) in [5.41, 5.74) is 11.0. The van der Waals surface area contributed by atoms with Crippen molar-refractivity contribution in [2.24, 2.45) is 0 Å². The molecule has 0 radical (unpaired) electrons. The van der Waals surface area contributed by atoms with Crippen molar-refractivity contribution in [2.75, 3.05) is 18.0 Å². The Morgan fingerprint density at radius 3 is 2.33 bits per heavy atom. The van der Waals surface area contributed by atoms with Crippen LogP contribution >= 0.6 is 0 Å². The maximum atomic E-state index is 5.06. The van der Waals surface area contributed by atoms with Gasteiger partial charge in [-0.05, 0) is 70.6 Å². The molecule has 3 aromatic rings. The van der Waals surface area contributed by atoms with E-state index >= 15 is 0 Å². The minimum Gasteiger partial charge on any atom is -0.356 e. The van der Waals surface area contributed by atoms with Crippen LogP contribution in [-0.2, 0) is 6.42 Å². The van der Waals surface area contributed by atoms with E-state index in [9.17, 15) is 0 Å². The van der Waals surface area contributed by atoms with E-state index in [1.165, 1.54) is 45.6 Å². The number of nitrogens with zero attached hydrogens (tertiary/aromatic N) is 4. The Kier molecular flexibility index (Phi) is 4.45. The summed E-state index contributed by atoms with van der Waals surface area (Å²) in [6.45, 7) is 15.3. The molecule has 4 rings (SSSR count). The zero-order chi connectivity index (χ0) is 19.3. The van der Waals surface area contributed by atoms with Crippen LogP contribution in [0.1, 0.15) is 53.4 Å². The van der Waals surface area contributed by atoms with Crippen LogP contribution < -0.4 is 4.90 Å². The zero-order valence-electron chi connectivity index (χ0n) is 17.5. The molecule has 4 nitrogen and oxygen atoms in total. The maximum Gasteiger partial charge on any atom is 0.165 e. The molecule has 0 saturated heterocycles. The van der Waals surface area contributed by atoms with Crippen molar-refractivity contribution >= 4 is 11.5 Å². The fraction of sp³-hybridized carbons (Fsp3) is 0.478. The molecular formula is C23H30N4. The van der Waals surface area contributed by atoms with Gasteiger partial charge in [-0.1, -0.05) is 24.6 Å². The number of benzene rings is 1. The Morgan fingerprint density at radius 1 is 0.963 bits per heavy atom. The average Bonchev–Trinajstić information content (AvgIpc) is 2.91. The van der Waals surface area contributed by atoms with Gasteiger partial charge in [-0.3, -0.25) is 0 Å². The van der Waals surface area contributed by atoms with Crippen molar-refractivity contribution in [3.8, 4) is 11.1 Å². The number of hydrogen-bond donors (Lipinski definition) is 0. The summed E-state index contributed by atoms with van der Waals surface area (Å²) in [6, 6.07) is 4.53. The maximum absolute atomic E-state index is 5.06. The molecule has 0 aliphatic carbocycles. The number of rotatable bonds is 3. The molecule has 3 heterocycles. The fourth-order valence-electron chi connectivity index (χ4n) is 4.81. The molecule has 4 heteroatoms. The molecule has 2 aromatic heterocycles. The second-order valence-corrected chi connectivity index (χ2v) is 8.06. The van der Waals surface area contributed by atoms with Gasteiger partial charge in [0.2, 0.25) is 0 Å². The highest BCUT2D eigenvalue weighted by Gasteiger charge is 2.26. The number of aryl methyl sites for hydroxylation is 5. The molecule has 1 aliphatic heterocycles. The van der Waals surface area contributed by atoms with Crippen molar-refractivity contribution in [3.05, 3.63) is 45.8 Å². The summed E-state index contributed by atoms with van der Waals surface area (Å²) < 4.78 is 2.13. The first kappa shape index (κ1) is 18.0. The second-order valence-electron chi connectivity index (χ2n) is 8.06. The minimum absolute atomic E-state index is 1.00. The highest BCUT2D eigenvalue weighted by atomic mass is 15.4. The standard InChI is InChI=1S/C23H30N4/c1-7-10-26-11-8-9-19-17(5)24-22-21(18(6)25-27(22)23(19)26)20-15(3)12-14(2)13-16(20)4/h12-13H,7-11H2,1-6H3. The number of aromatic nitrogens is 3. The molecule has 0 atom stereocenters. The minimum atomic E-state index is 1.00. The molecule has 0 unspecified atom stereocenters. The van der Waals surface area contributed by atoms with Gasteiger partial charge in [-0.25, -0.2) is 4.98 Å². The van der Waals surface area contributed by atoms with Crippen LogP contribution in [0.4, 0.5) is 5.82 Å². The summed E-state index contributed by atoms with van der Waals surface area (Å²) in [6.07, 6.45) is 3.44. The lowest BCUT2D eigenvalue weighted by Crippen LogP contribution is -2.33. The van der Waals surface area contributed by atoms with E-state index < -0.39 is 0 Å². The monoisotopic (exact) mass is 362 g/mol. The van der Waals surface area contributed by atoms with Crippen LogP contribution in [0.3, 0.4) is 0 Å². The van der Waals surface area contributed by atoms with Crippen molar-refractivity contribution in [1.82, 2.24) is 14.6 Å². The molecule has 142 valence electrons. The van der Waals surface area contributed by atoms with Gasteiger partial charge in [0.05, 0.1) is 11.3 Å². The largest absolute Gasteiger partial charge is 0.356 e. The second kappa shape index (κ2) is 6.66. The summed E-state index contributed by atoms with van der Waals surface area (Å²) in [5, 5.41) is 4.99. The van der Waals surface area contributed by atoms with E-state index in [1.54, 1.807) is 0 Å². The fourth-order valence-corrected chi connectivity index (χ4v) is 4.81. The van der Waals surface area contributed by atoms with Crippen molar-refractivity contribution in [2.45, 2.75) is 60.8 Å². The Hall–Kier alpha value is -2.36. The first-order valence-electron chi connectivity index (χ1n) is 10.1. The number of hydrogen-bond acceptors (Lipinski definition) is 3. The molecular weight excluding hydrogens is 332 g/mol. The topological polar surface area (TPSA) is 33.4 Å². The Bertz CT molecular complexity index is 1010. The van der Waals surface area contributed by atoms with E-state index in [2.05, 4.69) is 63.1 Å².